The van der Waals surface area contributed by atoms with Crippen molar-refractivity contribution in [3.63, 3.8) is 0 Å². The number of rotatable bonds is 4. The Labute approximate surface area is 340 Å². The monoisotopic (exact) mass is 755 g/mol. The van der Waals surface area contributed by atoms with Gasteiger partial charge in [-0.15, -0.1) is 0 Å². The highest BCUT2D eigenvalue weighted by Crippen LogP contribution is 2.62. The van der Waals surface area contributed by atoms with E-state index in [2.05, 4.69) is 182 Å². The number of nitrogens with zero attached hydrogens (tertiary/aromatic N) is 3. The third-order valence-corrected chi connectivity index (χ3v) is 13.1. The Kier molecular flexibility index (Phi) is 7.38. The van der Waals surface area contributed by atoms with E-state index in [1.165, 1.54) is 59.3 Å². The van der Waals surface area contributed by atoms with Crippen molar-refractivity contribution >= 4 is 33.3 Å². The molecule has 0 N–H and O–H groups in total. The lowest BCUT2D eigenvalue weighted by Gasteiger charge is -2.39. The summed E-state index contributed by atoms with van der Waals surface area (Å²) in [6.07, 6.45) is 0. The van der Waals surface area contributed by atoms with Crippen LogP contribution in [0.1, 0.15) is 22.3 Å². The van der Waals surface area contributed by atoms with Crippen LogP contribution in [0.2, 0.25) is 0 Å². The van der Waals surface area contributed by atoms with Gasteiger partial charge < -0.3 is 0 Å². The van der Waals surface area contributed by atoms with Crippen molar-refractivity contribution in [1.82, 2.24) is 15.0 Å². The summed E-state index contributed by atoms with van der Waals surface area (Å²) in [5, 5.41) is 4.83. The molecule has 0 fully saturated rings. The molecular weight excluding hydrogens is 723 g/mol. The van der Waals surface area contributed by atoms with E-state index in [0.717, 1.165) is 33.2 Å². The summed E-state index contributed by atoms with van der Waals surface area (Å²) in [6, 6.07) is 72.1. The number of hydrogen-bond donors (Lipinski definition) is 0. The second-order valence-electron chi connectivity index (χ2n) is 15.1. The average Bonchev–Trinajstić information content (AvgIpc) is 3.59. The zero-order chi connectivity index (χ0) is 38.2. The molecule has 0 unspecified atom stereocenters. The topological polar surface area (TPSA) is 38.7 Å². The molecule has 0 atom stereocenters. The van der Waals surface area contributed by atoms with E-state index in [1.807, 2.05) is 30.0 Å². The number of benzene rings is 9. The van der Waals surface area contributed by atoms with Gasteiger partial charge >= 0.3 is 0 Å². The molecule has 2 heterocycles. The number of fused-ring (bicyclic) bond motifs is 12. The van der Waals surface area contributed by atoms with Crippen LogP contribution in [0.25, 0.3) is 78.0 Å². The Morgan fingerprint density at radius 1 is 0.310 bits per heavy atom. The summed E-state index contributed by atoms with van der Waals surface area (Å²) < 4.78 is 0. The highest BCUT2D eigenvalue weighted by atomic mass is 32.2. The molecule has 270 valence electrons. The smallest absolute Gasteiger partial charge is 0.164 e. The van der Waals surface area contributed by atoms with Gasteiger partial charge in [0.1, 0.15) is 0 Å². The Bertz CT molecular complexity index is 3230. The van der Waals surface area contributed by atoms with Gasteiger partial charge in [-0.25, -0.2) is 15.0 Å². The molecule has 1 aromatic heterocycles. The van der Waals surface area contributed by atoms with Gasteiger partial charge in [0.15, 0.2) is 17.5 Å². The summed E-state index contributed by atoms with van der Waals surface area (Å²) in [5.41, 5.74) is 12.6. The lowest BCUT2D eigenvalue weighted by molar-refractivity contribution is 0.722. The van der Waals surface area contributed by atoms with Crippen molar-refractivity contribution in [3.8, 4) is 56.4 Å². The Balaban J connectivity index is 1.03. The number of aromatic nitrogens is 3. The number of hydrogen-bond acceptors (Lipinski definition) is 4. The van der Waals surface area contributed by atoms with Crippen molar-refractivity contribution in [1.29, 1.82) is 0 Å². The Hall–Kier alpha value is -7.14. The van der Waals surface area contributed by atoms with Crippen molar-refractivity contribution in [2.24, 2.45) is 0 Å². The first-order valence-electron chi connectivity index (χ1n) is 19.7. The molecule has 1 aliphatic carbocycles. The highest BCUT2D eigenvalue weighted by molar-refractivity contribution is 7.99. The van der Waals surface area contributed by atoms with Crippen molar-refractivity contribution < 1.29 is 0 Å². The van der Waals surface area contributed by atoms with Crippen molar-refractivity contribution in [3.05, 3.63) is 222 Å². The SMILES string of the molecule is c1ccc(-c2nc(-c3ccc4c(ccc5ccccc54)c3)nc(-c3ccccc3-c3ccc4c(c3)Sc3ccccc3C43c4ccccc4-c4ccccc43)n2)cc1. The molecule has 0 saturated carbocycles. The lowest BCUT2D eigenvalue weighted by Crippen LogP contribution is -2.31. The average molecular weight is 756 g/mol. The minimum Gasteiger partial charge on any atom is -0.208 e. The largest absolute Gasteiger partial charge is 0.208 e. The molecule has 3 nitrogen and oxygen atoms in total. The second kappa shape index (κ2) is 13.0. The Morgan fingerprint density at radius 2 is 0.862 bits per heavy atom. The van der Waals surface area contributed by atoms with Gasteiger partial charge in [0.05, 0.1) is 5.41 Å². The van der Waals surface area contributed by atoms with Crippen LogP contribution < -0.4 is 0 Å². The van der Waals surface area contributed by atoms with Gasteiger partial charge in [0, 0.05) is 26.5 Å². The van der Waals surface area contributed by atoms with E-state index >= 15 is 0 Å². The Morgan fingerprint density at radius 3 is 1.66 bits per heavy atom. The van der Waals surface area contributed by atoms with E-state index in [-0.39, 0.29) is 0 Å². The van der Waals surface area contributed by atoms with Gasteiger partial charge in [-0.05, 0) is 84.3 Å². The quantitative estimate of drug-likeness (QED) is 0.168. The first-order valence-corrected chi connectivity index (χ1v) is 20.5. The second-order valence-corrected chi connectivity index (χ2v) is 16.2. The fraction of sp³-hybridized carbons (Fsp3) is 0.0185. The molecule has 1 aliphatic heterocycles. The van der Waals surface area contributed by atoms with Crippen LogP contribution in [0.3, 0.4) is 0 Å². The van der Waals surface area contributed by atoms with Crippen LogP contribution >= 0.6 is 11.8 Å². The molecule has 2 aliphatic rings. The minimum atomic E-state index is -0.414. The van der Waals surface area contributed by atoms with E-state index in [1.54, 1.807) is 0 Å². The summed E-state index contributed by atoms with van der Waals surface area (Å²) in [5.74, 6) is 1.93. The first kappa shape index (κ1) is 33.0. The van der Waals surface area contributed by atoms with Crippen LogP contribution in [-0.2, 0) is 5.41 Å². The molecule has 0 saturated heterocycles. The van der Waals surface area contributed by atoms with Crippen LogP contribution in [-0.4, -0.2) is 15.0 Å². The predicted molar refractivity (Wildman–Crippen MR) is 238 cm³/mol. The molecule has 1 spiro atoms. The summed E-state index contributed by atoms with van der Waals surface area (Å²) in [6.45, 7) is 0. The van der Waals surface area contributed by atoms with Gasteiger partial charge in [-0.3, -0.25) is 0 Å². The van der Waals surface area contributed by atoms with E-state index in [0.29, 0.717) is 17.5 Å². The third kappa shape index (κ3) is 4.92. The maximum atomic E-state index is 5.25. The molecular formula is C54H33N3S. The zero-order valence-corrected chi connectivity index (χ0v) is 32.1. The highest BCUT2D eigenvalue weighted by Gasteiger charge is 2.50. The van der Waals surface area contributed by atoms with Gasteiger partial charge in [-0.1, -0.05) is 194 Å². The zero-order valence-electron chi connectivity index (χ0n) is 31.3. The first-order chi connectivity index (χ1) is 28.7. The summed E-state index contributed by atoms with van der Waals surface area (Å²) in [7, 11) is 0. The normalized spacial score (nSPS) is 13.2. The molecule has 0 amide bonds. The molecule has 0 radical (unpaired) electrons. The lowest BCUT2D eigenvalue weighted by atomic mass is 9.67. The summed E-state index contributed by atoms with van der Waals surface area (Å²) in [4.78, 5) is 18.1. The fourth-order valence-corrected chi connectivity index (χ4v) is 10.7. The molecule has 10 aromatic rings. The van der Waals surface area contributed by atoms with E-state index < -0.39 is 5.41 Å². The molecule has 58 heavy (non-hydrogen) atoms. The maximum absolute atomic E-state index is 5.25. The molecule has 0 bridgehead atoms. The van der Waals surface area contributed by atoms with Crippen molar-refractivity contribution in [2.75, 3.05) is 0 Å². The van der Waals surface area contributed by atoms with Crippen LogP contribution in [0.5, 0.6) is 0 Å². The van der Waals surface area contributed by atoms with E-state index in [9.17, 15) is 0 Å². The van der Waals surface area contributed by atoms with Gasteiger partial charge in [0.25, 0.3) is 0 Å². The van der Waals surface area contributed by atoms with E-state index in [4.69, 9.17) is 15.0 Å². The standard InChI is InChI=1S/C54H33N3S/c1-2-15-35(16-3-1)51-55-52(38-28-30-41-36(32-38)27-26-34-14-4-5-17-39(34)41)57-53(56-51)44-21-7-6-18-40(44)37-29-31-48-50(33-37)58-49-25-13-12-24-47(49)54(48)45-22-10-8-19-42(45)43-20-9-11-23-46(43)54/h1-33H. The molecule has 9 aromatic carbocycles. The minimum absolute atomic E-state index is 0.414. The maximum Gasteiger partial charge on any atom is 0.164 e. The van der Waals surface area contributed by atoms with Crippen LogP contribution in [0.4, 0.5) is 0 Å². The third-order valence-electron chi connectivity index (χ3n) is 12.0. The predicted octanol–water partition coefficient (Wildman–Crippen LogP) is 13.7. The van der Waals surface area contributed by atoms with Crippen LogP contribution in [0.15, 0.2) is 210 Å². The summed E-state index contributed by atoms with van der Waals surface area (Å²) >= 11 is 1.86. The molecule has 12 rings (SSSR count). The van der Waals surface area contributed by atoms with Gasteiger partial charge in [-0.2, -0.15) is 0 Å². The van der Waals surface area contributed by atoms with Crippen LogP contribution in [0, 0.1) is 0 Å². The molecule has 4 heteroatoms. The van der Waals surface area contributed by atoms with Gasteiger partial charge in [0.2, 0.25) is 0 Å². The fourth-order valence-electron chi connectivity index (χ4n) is 9.45. The van der Waals surface area contributed by atoms with Crippen molar-refractivity contribution in [2.45, 2.75) is 15.2 Å².